The second kappa shape index (κ2) is 13.3. The molecule has 0 spiro atoms. The molecule has 6 nitrogen and oxygen atoms in total. The summed E-state index contributed by atoms with van der Waals surface area (Å²) < 4.78 is 75.0. The fraction of sp³-hybridized carbons (Fsp3) is 0.114. The summed E-state index contributed by atoms with van der Waals surface area (Å²) in [5.74, 6) is -0.985. The van der Waals surface area contributed by atoms with E-state index in [1.165, 1.54) is 24.3 Å². The SMILES string of the molecule is O=C(O)C(Cc1ccccc1)Oc1ccc(N(Cc2ccc(-c3ccccc3)cc2)S(=O)(=O)c2cccc(C(F)(F)F)c2)cc1. The number of carboxylic acids is 1. The maximum atomic E-state index is 13.9. The molecule has 0 amide bonds. The van der Waals surface area contributed by atoms with Gasteiger partial charge in [0.25, 0.3) is 10.0 Å². The lowest BCUT2D eigenvalue weighted by molar-refractivity contribution is -0.145. The average Bonchev–Trinajstić information content (AvgIpc) is 3.04. The molecule has 0 aliphatic rings. The summed E-state index contributed by atoms with van der Waals surface area (Å²) in [6, 6.07) is 35.1. The van der Waals surface area contributed by atoms with Crippen LogP contribution < -0.4 is 9.04 Å². The van der Waals surface area contributed by atoms with Crippen LogP contribution in [0.15, 0.2) is 138 Å². The van der Waals surface area contributed by atoms with Crippen LogP contribution >= 0.6 is 0 Å². The Bertz CT molecular complexity index is 1850. The zero-order valence-electron chi connectivity index (χ0n) is 23.8. The van der Waals surface area contributed by atoms with Gasteiger partial charge in [-0.15, -0.1) is 0 Å². The number of halogens is 3. The molecule has 0 aliphatic heterocycles. The molecule has 5 rings (SSSR count). The van der Waals surface area contributed by atoms with Crippen molar-refractivity contribution in [2.75, 3.05) is 4.31 Å². The van der Waals surface area contributed by atoms with Crippen LogP contribution in [-0.2, 0) is 34.0 Å². The number of sulfonamides is 1. The summed E-state index contributed by atoms with van der Waals surface area (Å²) in [6.07, 6.45) is -5.83. The second-order valence-corrected chi connectivity index (χ2v) is 12.1. The van der Waals surface area contributed by atoms with Crippen LogP contribution in [0, 0.1) is 0 Å². The quantitative estimate of drug-likeness (QED) is 0.161. The van der Waals surface area contributed by atoms with Crippen molar-refractivity contribution >= 4 is 21.7 Å². The van der Waals surface area contributed by atoms with Gasteiger partial charge in [0.1, 0.15) is 5.75 Å². The topological polar surface area (TPSA) is 83.9 Å². The normalized spacial score (nSPS) is 12.3. The molecule has 1 atom stereocenters. The van der Waals surface area contributed by atoms with E-state index < -0.39 is 38.7 Å². The van der Waals surface area contributed by atoms with E-state index in [1.54, 1.807) is 36.4 Å². The molecule has 45 heavy (non-hydrogen) atoms. The van der Waals surface area contributed by atoms with Gasteiger partial charge in [-0.05, 0) is 64.7 Å². The van der Waals surface area contributed by atoms with E-state index in [1.807, 2.05) is 48.5 Å². The number of nitrogens with zero attached hydrogens (tertiary/aromatic N) is 1. The van der Waals surface area contributed by atoms with Crippen LogP contribution in [0.5, 0.6) is 5.75 Å². The molecule has 0 aromatic heterocycles. The van der Waals surface area contributed by atoms with Gasteiger partial charge in [0.2, 0.25) is 0 Å². The molecule has 1 N–H and O–H groups in total. The number of hydrogen-bond acceptors (Lipinski definition) is 4. The van der Waals surface area contributed by atoms with E-state index in [2.05, 4.69) is 0 Å². The van der Waals surface area contributed by atoms with E-state index in [0.717, 1.165) is 39.2 Å². The Morgan fingerprint density at radius 2 is 1.33 bits per heavy atom. The molecular weight excluding hydrogens is 603 g/mol. The van der Waals surface area contributed by atoms with Crippen LogP contribution in [0.25, 0.3) is 11.1 Å². The van der Waals surface area contributed by atoms with Crippen LogP contribution in [0.1, 0.15) is 16.7 Å². The third kappa shape index (κ3) is 7.71. The highest BCUT2D eigenvalue weighted by Gasteiger charge is 2.33. The van der Waals surface area contributed by atoms with E-state index in [-0.39, 0.29) is 24.4 Å². The molecule has 0 fully saturated rings. The minimum atomic E-state index is -4.73. The lowest BCUT2D eigenvalue weighted by Crippen LogP contribution is -2.31. The van der Waals surface area contributed by atoms with Gasteiger partial charge in [-0.25, -0.2) is 13.2 Å². The summed E-state index contributed by atoms with van der Waals surface area (Å²) in [5.41, 5.74) is 2.31. The van der Waals surface area contributed by atoms with Crippen molar-refractivity contribution in [3.8, 4) is 16.9 Å². The average molecular weight is 632 g/mol. The summed E-state index contributed by atoms with van der Waals surface area (Å²) in [7, 11) is -4.49. The Hall–Kier alpha value is -5.09. The molecule has 230 valence electrons. The van der Waals surface area contributed by atoms with Crippen LogP contribution in [0.3, 0.4) is 0 Å². The number of rotatable bonds is 11. The number of alkyl halides is 3. The first-order valence-corrected chi connectivity index (χ1v) is 15.3. The number of ether oxygens (including phenoxy) is 1. The number of benzene rings is 5. The van der Waals surface area contributed by atoms with Crippen LogP contribution in [0.4, 0.5) is 18.9 Å². The molecular formula is C35H28F3NO5S. The van der Waals surface area contributed by atoms with Crippen molar-refractivity contribution in [3.05, 3.63) is 150 Å². The molecule has 0 saturated carbocycles. The van der Waals surface area contributed by atoms with Gasteiger partial charge in [-0.3, -0.25) is 4.31 Å². The van der Waals surface area contributed by atoms with Crippen molar-refractivity contribution < 1.29 is 36.2 Å². The first kappa shape index (κ1) is 31.3. The van der Waals surface area contributed by atoms with E-state index in [9.17, 15) is 31.5 Å². The molecule has 5 aromatic rings. The van der Waals surface area contributed by atoms with Crippen molar-refractivity contribution in [2.24, 2.45) is 0 Å². The lowest BCUT2D eigenvalue weighted by atomic mass is 10.0. The highest BCUT2D eigenvalue weighted by atomic mass is 32.2. The number of carbonyl (C=O) groups is 1. The third-order valence-electron chi connectivity index (χ3n) is 7.08. The van der Waals surface area contributed by atoms with E-state index >= 15 is 0 Å². The molecule has 0 aliphatic carbocycles. The number of carboxylic acid groups (broad SMARTS) is 1. The zero-order chi connectivity index (χ0) is 32.0. The third-order valence-corrected chi connectivity index (χ3v) is 8.85. The summed E-state index contributed by atoms with van der Waals surface area (Å²) in [6.45, 7) is -0.181. The smallest absolute Gasteiger partial charge is 0.416 e. The van der Waals surface area contributed by atoms with Crippen LogP contribution in [0.2, 0.25) is 0 Å². The minimum absolute atomic E-state index is 0.104. The summed E-state index contributed by atoms with van der Waals surface area (Å²) in [5, 5.41) is 9.71. The van der Waals surface area contributed by atoms with Gasteiger partial charge in [0, 0.05) is 6.42 Å². The minimum Gasteiger partial charge on any atom is -0.478 e. The first-order chi connectivity index (χ1) is 21.5. The largest absolute Gasteiger partial charge is 0.478 e. The standard InChI is InChI=1S/C35H28F3NO5S/c36-35(37,38)29-12-7-13-32(23-29)45(42,43)39(24-26-14-16-28(17-15-26)27-10-5-2-6-11-27)30-18-20-31(21-19-30)44-33(34(40)41)22-25-8-3-1-4-9-25/h1-21,23,33H,22,24H2,(H,40,41). The molecule has 0 heterocycles. The van der Waals surface area contributed by atoms with Crippen molar-refractivity contribution in [1.29, 1.82) is 0 Å². The Balaban J connectivity index is 1.46. The molecule has 0 bridgehead atoms. The van der Waals surface area contributed by atoms with Crippen molar-refractivity contribution in [1.82, 2.24) is 0 Å². The van der Waals surface area contributed by atoms with Gasteiger partial charge in [0.15, 0.2) is 6.10 Å². The fourth-order valence-corrected chi connectivity index (χ4v) is 6.24. The Labute approximate surface area is 259 Å². The van der Waals surface area contributed by atoms with E-state index in [0.29, 0.717) is 11.6 Å². The van der Waals surface area contributed by atoms with Crippen molar-refractivity contribution in [2.45, 2.75) is 30.1 Å². The van der Waals surface area contributed by atoms with Gasteiger partial charge < -0.3 is 9.84 Å². The number of aliphatic carboxylic acids is 1. The fourth-order valence-electron chi connectivity index (χ4n) is 4.74. The maximum absolute atomic E-state index is 13.9. The Kier molecular flexibility index (Phi) is 9.24. The predicted octanol–water partition coefficient (Wildman–Crippen LogP) is 7.84. The van der Waals surface area contributed by atoms with E-state index in [4.69, 9.17) is 4.74 Å². The zero-order valence-corrected chi connectivity index (χ0v) is 24.6. The molecule has 0 saturated heterocycles. The summed E-state index contributed by atoms with van der Waals surface area (Å²) in [4.78, 5) is 11.4. The van der Waals surface area contributed by atoms with Crippen LogP contribution in [-0.4, -0.2) is 25.6 Å². The molecule has 5 aromatic carbocycles. The number of hydrogen-bond donors (Lipinski definition) is 1. The van der Waals surface area contributed by atoms with Gasteiger partial charge in [-0.2, -0.15) is 13.2 Å². The Morgan fingerprint density at radius 3 is 1.93 bits per heavy atom. The molecule has 0 radical (unpaired) electrons. The molecule has 1 unspecified atom stereocenters. The first-order valence-electron chi connectivity index (χ1n) is 13.9. The lowest BCUT2D eigenvalue weighted by Gasteiger charge is -2.26. The molecule has 10 heteroatoms. The summed E-state index contributed by atoms with van der Waals surface area (Å²) >= 11 is 0. The highest BCUT2D eigenvalue weighted by Crippen LogP contribution is 2.33. The monoisotopic (exact) mass is 631 g/mol. The van der Waals surface area contributed by atoms with Gasteiger partial charge in [0.05, 0.1) is 22.7 Å². The van der Waals surface area contributed by atoms with Gasteiger partial charge in [-0.1, -0.05) is 91.0 Å². The Morgan fingerprint density at radius 1 is 0.733 bits per heavy atom. The highest BCUT2D eigenvalue weighted by molar-refractivity contribution is 7.92. The maximum Gasteiger partial charge on any atom is 0.416 e. The van der Waals surface area contributed by atoms with Gasteiger partial charge >= 0.3 is 12.1 Å². The predicted molar refractivity (Wildman–Crippen MR) is 165 cm³/mol. The number of anilines is 1. The van der Waals surface area contributed by atoms with Crippen molar-refractivity contribution in [3.63, 3.8) is 0 Å². The second-order valence-electron chi connectivity index (χ2n) is 10.2.